The molecule has 2 N–H and O–H groups in total. The molecule has 22 heavy (non-hydrogen) atoms. The highest BCUT2D eigenvalue weighted by molar-refractivity contribution is 7.99. The van der Waals surface area contributed by atoms with Gasteiger partial charge in [-0.05, 0) is 49.9 Å². The van der Waals surface area contributed by atoms with Crippen LogP contribution in [0, 0.1) is 19.8 Å². The minimum absolute atomic E-state index is 0.0468. The molecule has 1 aromatic carbocycles. The van der Waals surface area contributed by atoms with Crippen LogP contribution in [0.1, 0.15) is 36.8 Å². The topological polar surface area (TPSA) is 66.4 Å². The lowest BCUT2D eigenvalue weighted by atomic mass is 10.0. The van der Waals surface area contributed by atoms with Gasteiger partial charge in [-0.15, -0.1) is 11.8 Å². The zero-order valence-corrected chi connectivity index (χ0v) is 13.9. The maximum Gasteiger partial charge on any atom is 0.308 e. The fourth-order valence-electron chi connectivity index (χ4n) is 2.77. The van der Waals surface area contributed by atoms with Gasteiger partial charge in [-0.2, -0.15) is 0 Å². The second-order valence-electron chi connectivity index (χ2n) is 5.89. The van der Waals surface area contributed by atoms with Gasteiger partial charge in [-0.1, -0.05) is 12.5 Å². The number of nitrogens with one attached hydrogen (secondary N) is 1. The van der Waals surface area contributed by atoms with Crippen molar-refractivity contribution < 1.29 is 14.7 Å². The minimum atomic E-state index is -0.799. The van der Waals surface area contributed by atoms with Crippen molar-refractivity contribution in [1.29, 1.82) is 0 Å². The Balaban J connectivity index is 1.76. The normalized spacial score (nSPS) is 20.8. The number of carbonyl (C=O) groups is 2. The summed E-state index contributed by atoms with van der Waals surface area (Å²) in [5.41, 5.74) is 2.52. The van der Waals surface area contributed by atoms with E-state index < -0.39 is 11.9 Å². The molecule has 1 saturated carbocycles. The Bertz CT molecular complexity index is 559. The summed E-state index contributed by atoms with van der Waals surface area (Å²) in [7, 11) is 0. The predicted molar refractivity (Wildman–Crippen MR) is 88.2 cm³/mol. The summed E-state index contributed by atoms with van der Waals surface area (Å²) in [5, 5.41) is 12.0. The molecular weight excluding hydrogens is 298 g/mol. The van der Waals surface area contributed by atoms with Gasteiger partial charge in [0.25, 0.3) is 0 Å². The van der Waals surface area contributed by atoms with Gasteiger partial charge >= 0.3 is 5.97 Å². The van der Waals surface area contributed by atoms with Crippen molar-refractivity contribution in [2.24, 2.45) is 5.92 Å². The maximum atomic E-state index is 12.0. The molecule has 0 heterocycles. The minimum Gasteiger partial charge on any atom is -0.481 e. The number of hydrogen-bond donors (Lipinski definition) is 2. The molecule has 2 rings (SSSR count). The first-order valence-corrected chi connectivity index (χ1v) is 8.68. The third-order valence-corrected chi connectivity index (χ3v) is 5.25. The Hall–Kier alpha value is -1.49. The van der Waals surface area contributed by atoms with E-state index in [4.69, 9.17) is 5.11 Å². The van der Waals surface area contributed by atoms with Crippen LogP contribution in [0.5, 0.6) is 0 Å². The van der Waals surface area contributed by atoms with E-state index in [1.54, 1.807) is 11.8 Å². The Labute approximate surface area is 135 Å². The standard InChI is InChI=1S/C17H23NO3S/c1-11-6-7-13(10-12(11)2)22-9-8-16(19)18-15-5-3-4-14(15)17(20)21/h6-7,10,14-15H,3-5,8-9H2,1-2H3,(H,18,19)(H,20,21)/t14-,15+/m0/s1. The second-order valence-corrected chi connectivity index (χ2v) is 7.06. The van der Waals surface area contributed by atoms with Gasteiger partial charge in [0.05, 0.1) is 5.92 Å². The third-order valence-electron chi connectivity index (χ3n) is 4.26. The zero-order chi connectivity index (χ0) is 16.1. The van der Waals surface area contributed by atoms with Crippen molar-refractivity contribution in [1.82, 2.24) is 5.32 Å². The molecule has 0 unspecified atom stereocenters. The van der Waals surface area contributed by atoms with E-state index in [9.17, 15) is 9.59 Å². The smallest absolute Gasteiger partial charge is 0.308 e. The van der Waals surface area contributed by atoms with Gasteiger partial charge in [0, 0.05) is 23.1 Å². The predicted octanol–water partition coefficient (Wildman–Crippen LogP) is 3.16. The zero-order valence-electron chi connectivity index (χ0n) is 13.1. The molecule has 1 amide bonds. The van der Waals surface area contributed by atoms with E-state index in [-0.39, 0.29) is 11.9 Å². The molecule has 0 aliphatic heterocycles. The monoisotopic (exact) mass is 321 g/mol. The molecule has 0 saturated heterocycles. The summed E-state index contributed by atoms with van der Waals surface area (Å²) in [6.45, 7) is 4.16. The molecule has 5 heteroatoms. The van der Waals surface area contributed by atoms with Crippen LogP contribution in [-0.2, 0) is 9.59 Å². The number of benzene rings is 1. The third kappa shape index (κ3) is 4.50. The molecule has 1 aliphatic carbocycles. The fraction of sp³-hybridized carbons (Fsp3) is 0.529. The molecular formula is C17H23NO3S. The van der Waals surface area contributed by atoms with E-state index in [0.29, 0.717) is 18.6 Å². The molecule has 0 radical (unpaired) electrons. The van der Waals surface area contributed by atoms with Gasteiger partial charge in [0.15, 0.2) is 0 Å². The van der Waals surface area contributed by atoms with Gasteiger partial charge in [-0.25, -0.2) is 0 Å². The Morgan fingerprint density at radius 2 is 2.05 bits per heavy atom. The molecule has 120 valence electrons. The fourth-order valence-corrected chi connectivity index (χ4v) is 3.72. The van der Waals surface area contributed by atoms with Crippen molar-refractivity contribution in [3.63, 3.8) is 0 Å². The molecule has 0 spiro atoms. The maximum absolute atomic E-state index is 12.0. The van der Waals surface area contributed by atoms with Crippen molar-refractivity contribution in [3.8, 4) is 0 Å². The van der Waals surface area contributed by atoms with Gasteiger partial charge in [0.1, 0.15) is 0 Å². The van der Waals surface area contributed by atoms with E-state index in [1.807, 2.05) is 0 Å². The number of carboxylic acids is 1. The van der Waals surface area contributed by atoms with Crippen LogP contribution < -0.4 is 5.32 Å². The summed E-state index contributed by atoms with van der Waals surface area (Å²) in [5.74, 6) is -0.558. The number of carbonyl (C=O) groups excluding carboxylic acids is 1. The highest BCUT2D eigenvalue weighted by atomic mass is 32.2. The lowest BCUT2D eigenvalue weighted by molar-refractivity contribution is -0.142. The lowest BCUT2D eigenvalue weighted by Gasteiger charge is -2.17. The Morgan fingerprint density at radius 3 is 2.73 bits per heavy atom. The van der Waals surface area contributed by atoms with Crippen molar-refractivity contribution >= 4 is 23.6 Å². The summed E-state index contributed by atoms with van der Waals surface area (Å²) < 4.78 is 0. The van der Waals surface area contributed by atoms with E-state index in [0.717, 1.165) is 12.8 Å². The summed E-state index contributed by atoms with van der Waals surface area (Å²) in [4.78, 5) is 24.2. The molecule has 2 atom stereocenters. The largest absolute Gasteiger partial charge is 0.481 e. The van der Waals surface area contributed by atoms with Crippen molar-refractivity contribution in [2.75, 3.05) is 5.75 Å². The molecule has 0 aromatic heterocycles. The second kappa shape index (κ2) is 7.68. The average molecular weight is 321 g/mol. The quantitative estimate of drug-likeness (QED) is 0.790. The van der Waals surface area contributed by atoms with E-state index in [2.05, 4.69) is 37.4 Å². The van der Waals surface area contributed by atoms with Crippen LogP contribution in [0.15, 0.2) is 23.1 Å². The summed E-state index contributed by atoms with van der Waals surface area (Å²) >= 11 is 1.66. The van der Waals surface area contributed by atoms with E-state index >= 15 is 0 Å². The summed E-state index contributed by atoms with van der Waals surface area (Å²) in [6.07, 6.45) is 2.73. The number of rotatable bonds is 6. The summed E-state index contributed by atoms with van der Waals surface area (Å²) in [6, 6.07) is 6.10. The van der Waals surface area contributed by atoms with Crippen molar-refractivity contribution in [3.05, 3.63) is 29.3 Å². The van der Waals surface area contributed by atoms with Gasteiger partial charge in [-0.3, -0.25) is 9.59 Å². The Kier molecular flexibility index (Phi) is 5.89. The average Bonchev–Trinajstić information content (AvgIpc) is 2.91. The first kappa shape index (κ1) is 16.9. The molecule has 1 aromatic rings. The highest BCUT2D eigenvalue weighted by Gasteiger charge is 2.33. The molecule has 1 aliphatic rings. The molecule has 0 bridgehead atoms. The SMILES string of the molecule is Cc1ccc(SCCC(=O)N[C@@H]2CCC[C@@H]2C(=O)O)cc1C. The Morgan fingerprint density at radius 1 is 1.27 bits per heavy atom. The number of amides is 1. The van der Waals surface area contributed by atoms with E-state index in [1.165, 1.54) is 16.0 Å². The van der Waals surface area contributed by atoms with Crippen LogP contribution >= 0.6 is 11.8 Å². The molecule has 4 nitrogen and oxygen atoms in total. The first-order valence-electron chi connectivity index (χ1n) is 7.69. The number of hydrogen-bond acceptors (Lipinski definition) is 3. The first-order chi connectivity index (χ1) is 10.5. The van der Waals surface area contributed by atoms with Gasteiger partial charge in [0.2, 0.25) is 5.91 Å². The van der Waals surface area contributed by atoms with Crippen LogP contribution in [0.25, 0.3) is 0 Å². The van der Waals surface area contributed by atoms with Crippen LogP contribution in [-0.4, -0.2) is 28.8 Å². The van der Waals surface area contributed by atoms with Crippen LogP contribution in [0.4, 0.5) is 0 Å². The van der Waals surface area contributed by atoms with Crippen LogP contribution in [0.3, 0.4) is 0 Å². The number of thioether (sulfide) groups is 1. The number of carboxylic acid groups (broad SMARTS) is 1. The number of aryl methyl sites for hydroxylation is 2. The van der Waals surface area contributed by atoms with Gasteiger partial charge < -0.3 is 10.4 Å². The molecule has 1 fully saturated rings. The lowest BCUT2D eigenvalue weighted by Crippen LogP contribution is -2.40. The highest BCUT2D eigenvalue weighted by Crippen LogP contribution is 2.26. The van der Waals surface area contributed by atoms with Crippen LogP contribution in [0.2, 0.25) is 0 Å². The number of aliphatic carboxylic acids is 1. The van der Waals surface area contributed by atoms with Crippen molar-refractivity contribution in [2.45, 2.75) is 50.5 Å².